The van der Waals surface area contributed by atoms with Crippen molar-refractivity contribution in [3.05, 3.63) is 58.0 Å². The number of fused-ring (bicyclic) bond motifs is 1. The lowest BCUT2D eigenvalue weighted by molar-refractivity contribution is 1.10. The zero-order valence-corrected chi connectivity index (χ0v) is 12.1. The molecule has 2 N–H and O–H groups in total. The molecule has 20 heavy (non-hydrogen) atoms. The third-order valence-corrected chi connectivity index (χ3v) is 4.07. The second-order valence-corrected chi connectivity index (χ2v) is 5.02. The number of nitrogens with zero attached hydrogens (tertiary/aromatic N) is 1. The first-order valence-electron chi connectivity index (χ1n) is 6.43. The summed E-state index contributed by atoms with van der Waals surface area (Å²) in [5, 5.41) is 12.2. The van der Waals surface area contributed by atoms with E-state index in [1.165, 1.54) is 18.0 Å². The van der Waals surface area contributed by atoms with E-state index in [2.05, 4.69) is 16.4 Å². The number of pyridine rings is 1. The number of thioether (sulfide) groups is 1. The van der Waals surface area contributed by atoms with Crippen molar-refractivity contribution in [1.29, 1.82) is 5.26 Å². The normalized spacial score (nSPS) is 15.3. The minimum absolute atomic E-state index is 0.0169. The molecule has 0 fully saturated rings. The van der Waals surface area contributed by atoms with Crippen molar-refractivity contribution >= 4 is 17.4 Å². The maximum atomic E-state index is 11.7. The minimum Gasteiger partial charge on any atom is -0.364 e. The second kappa shape index (κ2) is 6.31. The number of benzene rings is 1. The summed E-state index contributed by atoms with van der Waals surface area (Å²) in [5.74, 6) is 0. The third-order valence-electron chi connectivity index (χ3n) is 2.78. The van der Waals surface area contributed by atoms with E-state index in [9.17, 15) is 4.79 Å². The van der Waals surface area contributed by atoms with Gasteiger partial charge in [-0.1, -0.05) is 55.9 Å². The Kier molecular flexibility index (Phi) is 4.49. The lowest BCUT2D eigenvalue weighted by atomic mass is 10.2. The first-order valence-corrected chi connectivity index (χ1v) is 7.31. The van der Waals surface area contributed by atoms with Crippen molar-refractivity contribution in [3.8, 4) is 6.07 Å². The highest BCUT2D eigenvalue weighted by Crippen LogP contribution is 2.45. The molecule has 1 unspecified atom stereocenters. The number of anilines is 1. The number of nitriles is 1. The van der Waals surface area contributed by atoms with Crippen molar-refractivity contribution in [2.75, 3.05) is 5.32 Å². The topological polar surface area (TPSA) is 68.7 Å². The van der Waals surface area contributed by atoms with Gasteiger partial charge in [0.25, 0.3) is 5.56 Å². The molecule has 0 amide bonds. The van der Waals surface area contributed by atoms with E-state index in [1.54, 1.807) is 0 Å². The van der Waals surface area contributed by atoms with Crippen molar-refractivity contribution in [3.63, 3.8) is 0 Å². The van der Waals surface area contributed by atoms with E-state index in [-0.39, 0.29) is 10.9 Å². The van der Waals surface area contributed by atoms with Crippen LogP contribution in [0.2, 0.25) is 0 Å². The lowest BCUT2D eigenvalue weighted by Gasteiger charge is -2.09. The molecule has 0 aliphatic carbocycles. The summed E-state index contributed by atoms with van der Waals surface area (Å²) >= 11 is 1.50. The summed E-state index contributed by atoms with van der Waals surface area (Å²) in [6, 6.07) is 11.9. The van der Waals surface area contributed by atoms with Crippen molar-refractivity contribution in [2.45, 2.75) is 24.1 Å². The molecule has 1 aliphatic heterocycles. The Labute approximate surface area is 121 Å². The van der Waals surface area contributed by atoms with E-state index < -0.39 is 0 Å². The average molecular weight is 285 g/mol. The van der Waals surface area contributed by atoms with Crippen LogP contribution in [0.3, 0.4) is 0 Å². The van der Waals surface area contributed by atoms with Gasteiger partial charge in [0.2, 0.25) is 0 Å². The zero-order chi connectivity index (χ0) is 14.5. The largest absolute Gasteiger partial charge is 0.364 e. The van der Waals surface area contributed by atoms with Gasteiger partial charge in [0.05, 0.1) is 10.5 Å². The Balaban J connectivity index is 0.000000704. The molecular weight excluding hydrogens is 270 g/mol. The van der Waals surface area contributed by atoms with Crippen molar-refractivity contribution < 1.29 is 0 Å². The molecular formula is C15H15N3OS. The van der Waals surface area contributed by atoms with Crippen LogP contribution >= 0.6 is 11.8 Å². The molecule has 1 atom stereocenters. The van der Waals surface area contributed by atoms with E-state index in [4.69, 9.17) is 5.26 Å². The van der Waals surface area contributed by atoms with Gasteiger partial charge in [-0.3, -0.25) is 4.79 Å². The van der Waals surface area contributed by atoms with E-state index in [0.717, 1.165) is 10.5 Å². The summed E-state index contributed by atoms with van der Waals surface area (Å²) in [7, 11) is 0. The Morgan fingerprint density at radius 1 is 1.25 bits per heavy atom. The third kappa shape index (κ3) is 2.56. The van der Waals surface area contributed by atoms with Crippen LogP contribution in [0.4, 0.5) is 5.69 Å². The molecule has 3 rings (SSSR count). The predicted molar refractivity (Wildman–Crippen MR) is 81.8 cm³/mol. The van der Waals surface area contributed by atoms with Crippen LogP contribution in [0.1, 0.15) is 30.3 Å². The molecule has 4 nitrogen and oxygen atoms in total. The predicted octanol–water partition coefficient (Wildman–Crippen LogP) is 3.49. The fourth-order valence-electron chi connectivity index (χ4n) is 1.91. The number of rotatable bonds is 1. The van der Waals surface area contributed by atoms with Gasteiger partial charge in [0, 0.05) is 6.20 Å². The first-order chi connectivity index (χ1) is 9.79. The van der Waals surface area contributed by atoms with Crippen LogP contribution in [0, 0.1) is 11.3 Å². The van der Waals surface area contributed by atoms with Crippen molar-refractivity contribution in [1.82, 2.24) is 4.98 Å². The minimum atomic E-state index is -0.185. The van der Waals surface area contributed by atoms with Crippen molar-refractivity contribution in [2.24, 2.45) is 0 Å². The smallest absolute Gasteiger partial charge is 0.272 e. The van der Waals surface area contributed by atoms with E-state index in [0.29, 0.717) is 11.3 Å². The van der Waals surface area contributed by atoms with Gasteiger partial charge < -0.3 is 10.3 Å². The van der Waals surface area contributed by atoms with E-state index >= 15 is 0 Å². The van der Waals surface area contributed by atoms with Crippen LogP contribution in [-0.4, -0.2) is 4.98 Å². The SMILES string of the molecule is CC.N#Cc1c[nH]c(=O)c2c1SC(c1ccccc1)N2. The second-order valence-electron chi connectivity index (χ2n) is 3.90. The molecule has 0 bridgehead atoms. The van der Waals surface area contributed by atoms with Crippen LogP contribution in [0.5, 0.6) is 0 Å². The van der Waals surface area contributed by atoms with Gasteiger partial charge in [-0.2, -0.15) is 5.26 Å². The Bertz CT molecular complexity index is 689. The van der Waals surface area contributed by atoms with Crippen LogP contribution in [-0.2, 0) is 0 Å². The molecule has 2 aromatic rings. The molecule has 0 radical (unpaired) electrons. The molecule has 0 spiro atoms. The van der Waals surface area contributed by atoms with Gasteiger partial charge in [-0.05, 0) is 5.56 Å². The number of hydrogen-bond donors (Lipinski definition) is 2. The summed E-state index contributed by atoms with van der Waals surface area (Å²) < 4.78 is 0. The maximum absolute atomic E-state index is 11.7. The maximum Gasteiger partial charge on any atom is 0.272 e. The molecule has 1 aromatic heterocycles. The number of H-pyrrole nitrogens is 1. The molecule has 102 valence electrons. The van der Waals surface area contributed by atoms with Gasteiger partial charge >= 0.3 is 0 Å². The first kappa shape index (κ1) is 14.2. The molecule has 0 saturated heterocycles. The number of nitrogens with one attached hydrogen (secondary N) is 2. The Morgan fingerprint density at radius 3 is 2.60 bits per heavy atom. The van der Waals surface area contributed by atoms with Crippen LogP contribution in [0.25, 0.3) is 0 Å². The Morgan fingerprint density at radius 2 is 1.95 bits per heavy atom. The average Bonchev–Trinajstić information content (AvgIpc) is 2.97. The molecule has 1 aromatic carbocycles. The fourth-order valence-corrected chi connectivity index (χ4v) is 3.11. The highest BCUT2D eigenvalue weighted by molar-refractivity contribution is 8.00. The monoisotopic (exact) mass is 285 g/mol. The molecule has 1 aliphatic rings. The zero-order valence-electron chi connectivity index (χ0n) is 11.3. The van der Waals surface area contributed by atoms with Gasteiger partial charge in [0.1, 0.15) is 17.1 Å². The highest BCUT2D eigenvalue weighted by atomic mass is 32.2. The highest BCUT2D eigenvalue weighted by Gasteiger charge is 2.27. The quantitative estimate of drug-likeness (QED) is 0.841. The summed E-state index contributed by atoms with van der Waals surface area (Å²) in [4.78, 5) is 15.0. The molecule has 2 heterocycles. The van der Waals surface area contributed by atoms with Crippen LogP contribution in [0.15, 0.2) is 46.2 Å². The lowest BCUT2D eigenvalue weighted by Crippen LogP contribution is -2.12. The summed E-state index contributed by atoms with van der Waals surface area (Å²) in [6.45, 7) is 4.00. The van der Waals surface area contributed by atoms with Crippen LogP contribution < -0.4 is 10.9 Å². The fraction of sp³-hybridized carbons (Fsp3) is 0.200. The van der Waals surface area contributed by atoms with Gasteiger partial charge in [0.15, 0.2) is 0 Å². The Hall–Kier alpha value is -2.19. The van der Waals surface area contributed by atoms with Gasteiger partial charge in [-0.25, -0.2) is 0 Å². The molecule has 5 heteroatoms. The standard InChI is InChI=1S/C13H9N3OS.C2H6/c14-6-9-7-15-12(17)10-11(9)18-13(16-10)8-4-2-1-3-5-8;1-2/h1-5,7,13,16H,(H,15,17);1-2H3. The van der Waals surface area contributed by atoms with E-state index in [1.807, 2.05) is 44.2 Å². The summed E-state index contributed by atoms with van der Waals surface area (Å²) in [6.07, 6.45) is 1.46. The number of aromatic amines is 1. The number of aromatic nitrogens is 1. The summed E-state index contributed by atoms with van der Waals surface area (Å²) in [5.41, 5.74) is 1.89. The number of hydrogen-bond acceptors (Lipinski definition) is 4. The molecule has 0 saturated carbocycles. The van der Waals surface area contributed by atoms with Gasteiger partial charge in [-0.15, -0.1) is 0 Å².